The molecule has 1 fully saturated rings. The minimum atomic E-state index is -0.785. The highest BCUT2D eigenvalue weighted by Gasteiger charge is 2.35. The number of hydrogen-bond donors (Lipinski definition) is 5. The number of ether oxygens (including phenoxy) is 1. The molecule has 2 heterocycles. The van der Waals surface area contributed by atoms with Crippen LogP contribution in [0.1, 0.15) is 24.6 Å². The lowest BCUT2D eigenvalue weighted by Crippen LogP contribution is -2.28. The van der Waals surface area contributed by atoms with Gasteiger partial charge in [-0.15, -0.1) is 0 Å². The maximum Gasteiger partial charge on any atom is 0.351 e. The summed E-state index contributed by atoms with van der Waals surface area (Å²) in [4.78, 5) is 15.4. The van der Waals surface area contributed by atoms with Gasteiger partial charge in [0.2, 0.25) is 0 Å². The summed E-state index contributed by atoms with van der Waals surface area (Å²) in [6.07, 6.45) is -0.296. The molecule has 9 heteroatoms. The zero-order chi connectivity index (χ0) is 14.7. The Balaban J connectivity index is 2.28. The van der Waals surface area contributed by atoms with Crippen LogP contribution in [-0.2, 0) is 11.3 Å². The van der Waals surface area contributed by atoms with Gasteiger partial charge in [0, 0.05) is 24.8 Å². The van der Waals surface area contributed by atoms with E-state index in [9.17, 15) is 9.90 Å². The quantitative estimate of drug-likeness (QED) is 0.416. The first-order valence-electron chi connectivity index (χ1n) is 6.18. The van der Waals surface area contributed by atoms with Crippen molar-refractivity contribution in [1.82, 2.24) is 9.55 Å². The fraction of sp³-hybridized carbons (Fsp3) is 0.636. The topological polar surface area (TPSA) is 137 Å². The molecule has 1 unspecified atom stereocenters. The second-order valence-electron chi connectivity index (χ2n) is 4.52. The minimum Gasteiger partial charge on any atom is -0.396 e. The molecule has 0 spiro atoms. The van der Waals surface area contributed by atoms with Gasteiger partial charge in [0.25, 0.3) is 0 Å². The zero-order valence-electron chi connectivity index (χ0n) is 10.6. The number of aliphatic hydroxyl groups is 3. The summed E-state index contributed by atoms with van der Waals surface area (Å²) in [6.45, 7) is -0.553. The van der Waals surface area contributed by atoms with Gasteiger partial charge in [-0.25, -0.2) is 4.79 Å². The monoisotopic (exact) mass is 287 g/mol. The Hall–Kier alpha value is -1.52. The van der Waals surface area contributed by atoms with Crippen molar-refractivity contribution in [3.05, 3.63) is 22.2 Å². The highest BCUT2D eigenvalue weighted by molar-refractivity contribution is 5.39. The average molecular weight is 287 g/mol. The number of nitrogens with zero attached hydrogens (tertiary/aromatic N) is 2. The van der Waals surface area contributed by atoms with Crippen molar-refractivity contribution in [1.29, 1.82) is 0 Å². The van der Waals surface area contributed by atoms with Gasteiger partial charge in [0.05, 0.1) is 18.8 Å². The lowest BCUT2D eigenvalue weighted by molar-refractivity contribution is -0.0307. The third-order valence-corrected chi connectivity index (χ3v) is 3.23. The predicted octanol–water partition coefficient (Wildman–Crippen LogP) is -1.43. The van der Waals surface area contributed by atoms with Gasteiger partial charge in [-0.1, -0.05) is 0 Å². The fourth-order valence-electron chi connectivity index (χ4n) is 2.20. The molecule has 1 aliphatic heterocycles. The fourth-order valence-corrected chi connectivity index (χ4v) is 2.20. The number of rotatable bonds is 5. The SMILES string of the molecule is O=c1nc(NO)c(CO)cn1[C@H]1C[C@H](O)C(CCO)O1. The molecule has 0 saturated carbocycles. The molecule has 20 heavy (non-hydrogen) atoms. The van der Waals surface area contributed by atoms with Crippen LogP contribution in [-0.4, -0.2) is 48.9 Å². The molecule has 0 radical (unpaired) electrons. The molecule has 112 valence electrons. The minimum absolute atomic E-state index is 0.126. The van der Waals surface area contributed by atoms with E-state index >= 15 is 0 Å². The van der Waals surface area contributed by atoms with Crippen LogP contribution in [0.2, 0.25) is 0 Å². The molecule has 3 atom stereocenters. The van der Waals surface area contributed by atoms with Crippen molar-refractivity contribution in [2.45, 2.75) is 37.9 Å². The van der Waals surface area contributed by atoms with E-state index in [1.807, 2.05) is 0 Å². The first-order chi connectivity index (χ1) is 9.60. The maximum atomic E-state index is 11.8. The second-order valence-corrected chi connectivity index (χ2v) is 4.52. The van der Waals surface area contributed by atoms with Gasteiger partial charge in [-0.05, 0) is 6.42 Å². The van der Waals surface area contributed by atoms with E-state index < -0.39 is 30.7 Å². The smallest absolute Gasteiger partial charge is 0.351 e. The molecule has 2 rings (SSSR count). The molecule has 0 aliphatic carbocycles. The lowest BCUT2D eigenvalue weighted by Gasteiger charge is -2.16. The van der Waals surface area contributed by atoms with E-state index in [1.54, 1.807) is 5.48 Å². The predicted molar refractivity (Wildman–Crippen MR) is 66.1 cm³/mol. The molecular formula is C11H17N3O6. The summed E-state index contributed by atoms with van der Waals surface area (Å²) >= 11 is 0. The average Bonchev–Trinajstić information content (AvgIpc) is 2.80. The molecule has 1 saturated heterocycles. The van der Waals surface area contributed by atoms with Crippen molar-refractivity contribution in [3.63, 3.8) is 0 Å². The highest BCUT2D eigenvalue weighted by atomic mass is 16.5. The third kappa shape index (κ3) is 2.81. The van der Waals surface area contributed by atoms with Gasteiger partial charge in [-0.2, -0.15) is 4.98 Å². The first kappa shape index (κ1) is 14.9. The Morgan fingerprint density at radius 2 is 2.25 bits per heavy atom. The van der Waals surface area contributed by atoms with Gasteiger partial charge in [0.15, 0.2) is 5.82 Å². The first-order valence-corrected chi connectivity index (χ1v) is 6.18. The van der Waals surface area contributed by atoms with E-state index in [0.29, 0.717) is 0 Å². The van der Waals surface area contributed by atoms with Crippen LogP contribution >= 0.6 is 0 Å². The van der Waals surface area contributed by atoms with Crippen LogP contribution < -0.4 is 11.2 Å². The van der Waals surface area contributed by atoms with Gasteiger partial charge in [0.1, 0.15) is 6.23 Å². The highest BCUT2D eigenvalue weighted by Crippen LogP contribution is 2.29. The molecule has 1 aliphatic rings. The van der Waals surface area contributed by atoms with Crippen LogP contribution in [0.15, 0.2) is 11.0 Å². The summed E-state index contributed by atoms with van der Waals surface area (Å²) in [7, 11) is 0. The van der Waals surface area contributed by atoms with E-state index in [2.05, 4.69) is 4.98 Å². The summed E-state index contributed by atoms with van der Waals surface area (Å²) in [6, 6.07) is 0. The Bertz CT molecular complexity index is 519. The van der Waals surface area contributed by atoms with E-state index in [0.717, 1.165) is 4.57 Å². The summed E-state index contributed by atoms with van der Waals surface area (Å²) in [5, 5.41) is 36.6. The van der Waals surface area contributed by atoms with Crippen molar-refractivity contribution in [3.8, 4) is 0 Å². The van der Waals surface area contributed by atoms with Gasteiger partial charge in [-0.3, -0.25) is 15.3 Å². The molecule has 0 bridgehead atoms. The van der Waals surface area contributed by atoms with E-state index in [-0.39, 0.29) is 30.8 Å². The molecular weight excluding hydrogens is 270 g/mol. The molecule has 0 aromatic carbocycles. The lowest BCUT2D eigenvalue weighted by atomic mass is 10.1. The number of hydrogen-bond acceptors (Lipinski definition) is 8. The number of aliphatic hydroxyl groups excluding tert-OH is 3. The second kappa shape index (κ2) is 6.29. The van der Waals surface area contributed by atoms with Crippen LogP contribution in [0.3, 0.4) is 0 Å². The molecule has 5 N–H and O–H groups in total. The molecule has 1 aromatic rings. The summed E-state index contributed by atoms with van der Waals surface area (Å²) in [5.41, 5.74) is 1.27. The van der Waals surface area contributed by atoms with Crippen LogP contribution in [0.4, 0.5) is 5.82 Å². The molecule has 9 nitrogen and oxygen atoms in total. The van der Waals surface area contributed by atoms with E-state index in [1.165, 1.54) is 6.20 Å². The van der Waals surface area contributed by atoms with Crippen molar-refractivity contribution >= 4 is 5.82 Å². The normalized spacial score (nSPS) is 25.9. The van der Waals surface area contributed by atoms with E-state index in [4.69, 9.17) is 20.2 Å². The van der Waals surface area contributed by atoms with Crippen molar-refractivity contribution < 1.29 is 25.3 Å². The third-order valence-electron chi connectivity index (χ3n) is 3.23. The van der Waals surface area contributed by atoms with Gasteiger partial charge < -0.3 is 20.1 Å². The Morgan fingerprint density at radius 1 is 1.50 bits per heavy atom. The summed E-state index contributed by atoms with van der Waals surface area (Å²) in [5.74, 6) is -0.126. The number of nitrogens with one attached hydrogen (secondary N) is 1. The van der Waals surface area contributed by atoms with Crippen molar-refractivity contribution in [2.24, 2.45) is 0 Å². The Labute approximate surface area is 114 Å². The standard InChI is InChI=1S/C11H17N3O6/c15-2-1-8-7(17)3-9(20-8)14-4-6(5-16)10(13-19)12-11(14)18/h4,7-9,15-17,19H,1-3,5H2,(H,12,13,18)/t7-,8?,9+/m0/s1. The molecule has 1 aromatic heterocycles. The zero-order valence-corrected chi connectivity index (χ0v) is 10.6. The number of anilines is 1. The molecule has 0 amide bonds. The largest absolute Gasteiger partial charge is 0.396 e. The number of aromatic nitrogens is 2. The van der Waals surface area contributed by atoms with Crippen LogP contribution in [0, 0.1) is 0 Å². The van der Waals surface area contributed by atoms with Crippen LogP contribution in [0.5, 0.6) is 0 Å². The Kier molecular flexibility index (Phi) is 4.68. The Morgan fingerprint density at radius 3 is 2.85 bits per heavy atom. The van der Waals surface area contributed by atoms with Crippen LogP contribution in [0.25, 0.3) is 0 Å². The summed E-state index contributed by atoms with van der Waals surface area (Å²) < 4.78 is 6.65. The maximum absolute atomic E-state index is 11.8. The van der Waals surface area contributed by atoms with Crippen molar-refractivity contribution in [2.75, 3.05) is 12.1 Å². The van der Waals surface area contributed by atoms with Gasteiger partial charge >= 0.3 is 5.69 Å².